The van der Waals surface area contributed by atoms with E-state index in [4.69, 9.17) is 11.6 Å². The van der Waals surface area contributed by atoms with E-state index < -0.39 is 0 Å². The zero-order chi connectivity index (χ0) is 14.7. The molecule has 1 atom stereocenters. The van der Waals surface area contributed by atoms with Gasteiger partial charge in [-0.3, -0.25) is 0 Å². The predicted octanol–water partition coefficient (Wildman–Crippen LogP) is 4.03. The van der Waals surface area contributed by atoms with Crippen molar-refractivity contribution in [2.45, 2.75) is 32.4 Å². The van der Waals surface area contributed by atoms with Crippen molar-refractivity contribution in [1.29, 1.82) is 0 Å². The van der Waals surface area contributed by atoms with Gasteiger partial charge in [-0.25, -0.2) is 0 Å². The molecule has 21 heavy (non-hydrogen) atoms. The van der Waals surface area contributed by atoms with Crippen LogP contribution in [0, 0.1) is 0 Å². The Bertz CT molecular complexity index is 607. The third-order valence-electron chi connectivity index (χ3n) is 4.03. The first-order chi connectivity index (χ1) is 10.2. The lowest BCUT2D eigenvalue weighted by molar-refractivity contribution is 0.546. The van der Waals surface area contributed by atoms with Crippen molar-refractivity contribution in [1.82, 2.24) is 5.32 Å². The molecule has 0 amide bonds. The van der Waals surface area contributed by atoms with Gasteiger partial charge in [0.05, 0.1) is 0 Å². The van der Waals surface area contributed by atoms with Gasteiger partial charge in [0.15, 0.2) is 0 Å². The molecule has 0 aromatic heterocycles. The number of para-hydroxylation sites is 1. The van der Waals surface area contributed by atoms with E-state index in [2.05, 4.69) is 47.9 Å². The van der Waals surface area contributed by atoms with E-state index in [9.17, 15) is 0 Å². The largest absolute Gasteiger partial charge is 0.384 e. The van der Waals surface area contributed by atoms with Gasteiger partial charge in [-0.15, -0.1) is 0 Å². The molecule has 1 aliphatic rings. The Morgan fingerprint density at radius 1 is 1.19 bits per heavy atom. The molecule has 0 saturated carbocycles. The molecule has 1 aliphatic heterocycles. The van der Waals surface area contributed by atoms with Gasteiger partial charge in [0, 0.05) is 29.8 Å². The summed E-state index contributed by atoms with van der Waals surface area (Å²) in [7, 11) is 0. The molecule has 2 aromatic carbocycles. The number of rotatable bonds is 5. The van der Waals surface area contributed by atoms with Crippen LogP contribution < -0.4 is 10.6 Å². The van der Waals surface area contributed by atoms with Crippen molar-refractivity contribution in [3.8, 4) is 0 Å². The van der Waals surface area contributed by atoms with Crippen LogP contribution in [0.1, 0.15) is 23.6 Å². The van der Waals surface area contributed by atoms with E-state index in [0.29, 0.717) is 6.04 Å². The average Bonchev–Trinajstić information content (AvgIpc) is 2.96. The normalized spacial score (nSPS) is 14.6. The summed E-state index contributed by atoms with van der Waals surface area (Å²) >= 11 is 5.92. The van der Waals surface area contributed by atoms with Gasteiger partial charge in [0.1, 0.15) is 0 Å². The van der Waals surface area contributed by atoms with Gasteiger partial charge in [0.25, 0.3) is 0 Å². The zero-order valence-electron chi connectivity index (χ0n) is 12.3. The molecule has 0 fully saturated rings. The molecule has 2 N–H and O–H groups in total. The van der Waals surface area contributed by atoms with Crippen LogP contribution >= 0.6 is 11.6 Å². The van der Waals surface area contributed by atoms with Gasteiger partial charge < -0.3 is 10.6 Å². The molecule has 0 spiro atoms. The van der Waals surface area contributed by atoms with Crippen LogP contribution in [0.5, 0.6) is 0 Å². The fourth-order valence-electron chi connectivity index (χ4n) is 2.89. The summed E-state index contributed by atoms with van der Waals surface area (Å²) in [6.45, 7) is 4.20. The number of benzene rings is 2. The topological polar surface area (TPSA) is 24.1 Å². The standard InChI is InChI=1S/C18H21ClN2/c1-13(11-14-5-7-17(19)8-6-14)21-12-16-4-2-3-15-9-10-20-18(15)16/h2-8,13,20-21H,9-12H2,1H3. The summed E-state index contributed by atoms with van der Waals surface area (Å²) in [5.74, 6) is 0. The second-order valence-electron chi connectivity index (χ2n) is 5.74. The summed E-state index contributed by atoms with van der Waals surface area (Å²) in [5, 5.41) is 7.91. The second-order valence-corrected chi connectivity index (χ2v) is 6.18. The number of nitrogens with one attached hydrogen (secondary N) is 2. The lowest BCUT2D eigenvalue weighted by Gasteiger charge is -2.16. The highest BCUT2D eigenvalue weighted by Crippen LogP contribution is 2.26. The summed E-state index contributed by atoms with van der Waals surface area (Å²) in [4.78, 5) is 0. The quantitative estimate of drug-likeness (QED) is 0.871. The van der Waals surface area contributed by atoms with Crippen molar-refractivity contribution in [3.63, 3.8) is 0 Å². The highest BCUT2D eigenvalue weighted by molar-refractivity contribution is 6.30. The third-order valence-corrected chi connectivity index (χ3v) is 4.28. The number of fused-ring (bicyclic) bond motifs is 1. The SMILES string of the molecule is CC(Cc1ccc(Cl)cc1)NCc1cccc2c1NCC2. The molecule has 1 heterocycles. The molecular weight excluding hydrogens is 280 g/mol. The summed E-state index contributed by atoms with van der Waals surface area (Å²) in [6.07, 6.45) is 2.16. The van der Waals surface area contributed by atoms with Crippen molar-refractivity contribution >= 4 is 17.3 Å². The molecule has 3 heteroatoms. The van der Waals surface area contributed by atoms with Crippen LogP contribution in [-0.2, 0) is 19.4 Å². The Labute approximate surface area is 131 Å². The molecule has 3 rings (SSSR count). The number of anilines is 1. The van der Waals surface area contributed by atoms with E-state index in [1.54, 1.807) is 0 Å². The Kier molecular flexibility index (Phi) is 4.47. The first-order valence-corrected chi connectivity index (χ1v) is 7.92. The molecule has 110 valence electrons. The van der Waals surface area contributed by atoms with Crippen LogP contribution in [0.2, 0.25) is 5.02 Å². The Hall–Kier alpha value is -1.51. The minimum absolute atomic E-state index is 0.434. The molecule has 2 nitrogen and oxygen atoms in total. The Morgan fingerprint density at radius 2 is 2.00 bits per heavy atom. The number of halogens is 1. The number of hydrogen-bond donors (Lipinski definition) is 2. The second kappa shape index (κ2) is 6.50. The van der Waals surface area contributed by atoms with Crippen LogP contribution in [0.25, 0.3) is 0 Å². The highest BCUT2D eigenvalue weighted by atomic mass is 35.5. The summed E-state index contributed by atoms with van der Waals surface area (Å²) < 4.78 is 0. The van der Waals surface area contributed by atoms with Gasteiger partial charge in [-0.2, -0.15) is 0 Å². The predicted molar refractivity (Wildman–Crippen MR) is 90.1 cm³/mol. The van der Waals surface area contributed by atoms with Crippen molar-refractivity contribution < 1.29 is 0 Å². The van der Waals surface area contributed by atoms with Gasteiger partial charge in [-0.1, -0.05) is 41.9 Å². The monoisotopic (exact) mass is 300 g/mol. The minimum atomic E-state index is 0.434. The van der Waals surface area contributed by atoms with E-state index in [0.717, 1.165) is 31.0 Å². The first-order valence-electron chi connectivity index (χ1n) is 7.55. The molecule has 0 aliphatic carbocycles. The minimum Gasteiger partial charge on any atom is -0.384 e. The molecule has 0 saturated heterocycles. The number of hydrogen-bond acceptors (Lipinski definition) is 2. The van der Waals surface area contributed by atoms with Crippen molar-refractivity contribution in [3.05, 3.63) is 64.2 Å². The molecule has 0 bridgehead atoms. The fourth-order valence-corrected chi connectivity index (χ4v) is 3.01. The van der Waals surface area contributed by atoms with Crippen LogP contribution in [0.3, 0.4) is 0 Å². The van der Waals surface area contributed by atoms with E-state index >= 15 is 0 Å². The van der Waals surface area contributed by atoms with Gasteiger partial charge >= 0.3 is 0 Å². The average molecular weight is 301 g/mol. The lowest BCUT2D eigenvalue weighted by Crippen LogP contribution is -2.27. The summed E-state index contributed by atoms with van der Waals surface area (Å²) in [6, 6.07) is 15.1. The zero-order valence-corrected chi connectivity index (χ0v) is 13.1. The van der Waals surface area contributed by atoms with Crippen molar-refractivity contribution in [2.75, 3.05) is 11.9 Å². The van der Waals surface area contributed by atoms with Gasteiger partial charge in [-0.05, 0) is 48.6 Å². The Morgan fingerprint density at radius 3 is 2.81 bits per heavy atom. The molecular formula is C18H21ClN2. The van der Waals surface area contributed by atoms with Crippen LogP contribution in [0.4, 0.5) is 5.69 Å². The third kappa shape index (κ3) is 3.58. The van der Waals surface area contributed by atoms with E-state index in [1.807, 2.05) is 12.1 Å². The van der Waals surface area contributed by atoms with Crippen LogP contribution in [-0.4, -0.2) is 12.6 Å². The molecule has 0 radical (unpaired) electrons. The molecule has 1 unspecified atom stereocenters. The highest BCUT2D eigenvalue weighted by Gasteiger charge is 2.13. The smallest absolute Gasteiger partial charge is 0.0419 e. The van der Waals surface area contributed by atoms with E-state index in [1.165, 1.54) is 22.4 Å². The fraction of sp³-hybridized carbons (Fsp3) is 0.333. The first kappa shape index (κ1) is 14.4. The Balaban J connectivity index is 1.58. The van der Waals surface area contributed by atoms with Gasteiger partial charge in [0.2, 0.25) is 0 Å². The van der Waals surface area contributed by atoms with E-state index in [-0.39, 0.29) is 0 Å². The maximum atomic E-state index is 5.92. The van der Waals surface area contributed by atoms with Crippen molar-refractivity contribution in [2.24, 2.45) is 0 Å². The molecule has 2 aromatic rings. The summed E-state index contributed by atoms with van der Waals surface area (Å²) in [5.41, 5.74) is 5.46. The maximum Gasteiger partial charge on any atom is 0.0419 e. The lowest BCUT2D eigenvalue weighted by atomic mass is 10.1. The maximum absolute atomic E-state index is 5.92. The van der Waals surface area contributed by atoms with Crippen LogP contribution in [0.15, 0.2) is 42.5 Å².